The quantitative estimate of drug-likeness (QED) is 0.599. The van der Waals surface area contributed by atoms with E-state index < -0.39 is 11.6 Å². The summed E-state index contributed by atoms with van der Waals surface area (Å²) in [5.41, 5.74) is 1.35. The van der Waals surface area contributed by atoms with Gasteiger partial charge in [0.25, 0.3) is 0 Å². The summed E-state index contributed by atoms with van der Waals surface area (Å²) in [7, 11) is 0. The first-order chi connectivity index (χ1) is 12.6. The second-order valence-electron chi connectivity index (χ2n) is 7.04. The fraction of sp³-hybridized carbons (Fsp3) is 0.409. The van der Waals surface area contributed by atoms with Crippen LogP contribution in [0.25, 0.3) is 11.1 Å². The van der Waals surface area contributed by atoms with Crippen molar-refractivity contribution in [2.45, 2.75) is 51.6 Å². The highest BCUT2D eigenvalue weighted by molar-refractivity contribution is 5.90. The predicted octanol–water partition coefficient (Wildman–Crippen LogP) is 6.15. The first kappa shape index (κ1) is 18.6. The summed E-state index contributed by atoms with van der Waals surface area (Å²) in [5, 5.41) is 0. The van der Waals surface area contributed by atoms with E-state index in [0.717, 1.165) is 37.7 Å². The van der Waals surface area contributed by atoms with Gasteiger partial charge in [0.2, 0.25) is 0 Å². The standard InChI is InChI=1S/C22H24F2O2/c1-2-3-15-4-11-19(12-5-15)26-22(25)17-8-6-16(7-9-17)20-13-10-18(23)14-21(20)24/h6-10,13-15,19H,2-5,11-12H2,1H3/t15-,19-. The van der Waals surface area contributed by atoms with Crippen LogP contribution in [-0.2, 0) is 4.74 Å². The molecule has 1 aliphatic carbocycles. The first-order valence-corrected chi connectivity index (χ1v) is 9.33. The third-order valence-corrected chi connectivity index (χ3v) is 5.13. The van der Waals surface area contributed by atoms with E-state index in [1.807, 2.05) is 0 Å². The highest BCUT2D eigenvalue weighted by Gasteiger charge is 2.23. The zero-order valence-corrected chi connectivity index (χ0v) is 15.0. The molecule has 138 valence electrons. The molecule has 1 saturated carbocycles. The second-order valence-corrected chi connectivity index (χ2v) is 7.04. The SMILES string of the molecule is CCC[C@H]1CC[C@H](OC(=O)c2ccc(-c3ccc(F)cc3F)cc2)CC1. The number of hydrogen-bond donors (Lipinski definition) is 0. The van der Waals surface area contributed by atoms with E-state index in [1.54, 1.807) is 24.3 Å². The van der Waals surface area contributed by atoms with Gasteiger partial charge in [-0.05, 0) is 61.4 Å². The van der Waals surface area contributed by atoms with Crippen molar-refractivity contribution >= 4 is 5.97 Å². The summed E-state index contributed by atoms with van der Waals surface area (Å²) in [4.78, 5) is 12.3. The molecule has 4 heteroatoms. The second kappa shape index (κ2) is 8.43. The van der Waals surface area contributed by atoms with E-state index in [1.165, 1.54) is 25.0 Å². The number of rotatable bonds is 5. The Hall–Kier alpha value is -2.23. The van der Waals surface area contributed by atoms with Crippen LogP contribution in [0, 0.1) is 17.6 Å². The zero-order chi connectivity index (χ0) is 18.5. The summed E-state index contributed by atoms with van der Waals surface area (Å²) in [5.74, 6) is -0.806. The van der Waals surface area contributed by atoms with Gasteiger partial charge in [-0.1, -0.05) is 31.9 Å². The highest BCUT2D eigenvalue weighted by atomic mass is 19.1. The number of carbonyl (C=O) groups is 1. The van der Waals surface area contributed by atoms with Crippen molar-refractivity contribution in [2.24, 2.45) is 5.92 Å². The molecule has 0 amide bonds. The van der Waals surface area contributed by atoms with Crippen molar-refractivity contribution in [1.29, 1.82) is 0 Å². The normalized spacial score (nSPS) is 20.0. The number of ether oxygens (including phenoxy) is 1. The van der Waals surface area contributed by atoms with Crippen molar-refractivity contribution in [1.82, 2.24) is 0 Å². The summed E-state index contributed by atoms with van der Waals surface area (Å²) in [6.07, 6.45) is 6.54. The number of hydrogen-bond acceptors (Lipinski definition) is 2. The Morgan fingerprint density at radius 1 is 1.04 bits per heavy atom. The molecule has 2 aromatic carbocycles. The van der Waals surface area contributed by atoms with Crippen LogP contribution in [0.15, 0.2) is 42.5 Å². The number of esters is 1. The van der Waals surface area contributed by atoms with E-state index in [4.69, 9.17) is 4.74 Å². The predicted molar refractivity (Wildman–Crippen MR) is 97.9 cm³/mol. The average Bonchev–Trinajstić information content (AvgIpc) is 2.64. The van der Waals surface area contributed by atoms with E-state index in [2.05, 4.69) is 6.92 Å². The Balaban J connectivity index is 1.61. The van der Waals surface area contributed by atoms with Gasteiger partial charge in [-0.15, -0.1) is 0 Å². The van der Waals surface area contributed by atoms with Crippen LogP contribution >= 0.6 is 0 Å². The molecule has 0 radical (unpaired) electrons. The molecule has 0 atom stereocenters. The number of halogens is 2. The van der Waals surface area contributed by atoms with Crippen molar-refractivity contribution in [3.8, 4) is 11.1 Å². The first-order valence-electron chi connectivity index (χ1n) is 9.33. The molecule has 0 spiro atoms. The molecule has 1 aliphatic rings. The van der Waals surface area contributed by atoms with Crippen LogP contribution in [-0.4, -0.2) is 12.1 Å². The maximum atomic E-state index is 13.9. The molecular formula is C22H24F2O2. The van der Waals surface area contributed by atoms with Gasteiger partial charge < -0.3 is 4.74 Å². The van der Waals surface area contributed by atoms with E-state index >= 15 is 0 Å². The molecule has 0 saturated heterocycles. The lowest BCUT2D eigenvalue weighted by Gasteiger charge is -2.28. The van der Waals surface area contributed by atoms with E-state index in [-0.39, 0.29) is 12.1 Å². The largest absolute Gasteiger partial charge is 0.459 e. The third-order valence-electron chi connectivity index (χ3n) is 5.13. The van der Waals surface area contributed by atoms with Gasteiger partial charge in [0.05, 0.1) is 5.56 Å². The molecule has 0 aliphatic heterocycles. The lowest BCUT2D eigenvalue weighted by Crippen LogP contribution is -2.24. The van der Waals surface area contributed by atoms with Crippen LogP contribution in [0.3, 0.4) is 0 Å². The van der Waals surface area contributed by atoms with Crippen molar-refractivity contribution in [3.05, 3.63) is 59.7 Å². The Bertz CT molecular complexity index is 747. The molecule has 0 unspecified atom stereocenters. The van der Waals surface area contributed by atoms with Gasteiger partial charge in [-0.3, -0.25) is 0 Å². The Morgan fingerprint density at radius 2 is 1.73 bits per heavy atom. The Kier molecular flexibility index (Phi) is 6.02. The van der Waals surface area contributed by atoms with Crippen LogP contribution in [0.1, 0.15) is 55.8 Å². The van der Waals surface area contributed by atoms with Crippen LogP contribution < -0.4 is 0 Å². The Morgan fingerprint density at radius 3 is 2.35 bits per heavy atom. The topological polar surface area (TPSA) is 26.3 Å². The maximum absolute atomic E-state index is 13.9. The monoisotopic (exact) mass is 358 g/mol. The van der Waals surface area contributed by atoms with Gasteiger partial charge in [0, 0.05) is 11.6 Å². The lowest BCUT2D eigenvalue weighted by molar-refractivity contribution is 0.0161. The summed E-state index contributed by atoms with van der Waals surface area (Å²) >= 11 is 0. The van der Waals surface area contributed by atoms with Gasteiger partial charge in [0.1, 0.15) is 17.7 Å². The van der Waals surface area contributed by atoms with Gasteiger partial charge in [0.15, 0.2) is 0 Å². The fourth-order valence-electron chi connectivity index (χ4n) is 3.68. The molecule has 2 aromatic rings. The van der Waals surface area contributed by atoms with Crippen LogP contribution in [0.2, 0.25) is 0 Å². The van der Waals surface area contributed by atoms with Gasteiger partial charge in [-0.25, -0.2) is 13.6 Å². The van der Waals surface area contributed by atoms with E-state index in [9.17, 15) is 13.6 Å². The highest BCUT2D eigenvalue weighted by Crippen LogP contribution is 2.30. The van der Waals surface area contributed by atoms with Gasteiger partial charge in [-0.2, -0.15) is 0 Å². The molecule has 0 heterocycles. The molecule has 26 heavy (non-hydrogen) atoms. The smallest absolute Gasteiger partial charge is 0.338 e. The van der Waals surface area contributed by atoms with Crippen LogP contribution in [0.4, 0.5) is 8.78 Å². The van der Waals surface area contributed by atoms with E-state index in [0.29, 0.717) is 16.7 Å². The lowest BCUT2D eigenvalue weighted by atomic mass is 9.85. The molecule has 0 bridgehead atoms. The minimum Gasteiger partial charge on any atom is -0.459 e. The van der Waals surface area contributed by atoms with Crippen molar-refractivity contribution in [3.63, 3.8) is 0 Å². The maximum Gasteiger partial charge on any atom is 0.338 e. The minimum atomic E-state index is -0.621. The zero-order valence-electron chi connectivity index (χ0n) is 15.0. The van der Waals surface area contributed by atoms with Crippen molar-refractivity contribution in [2.75, 3.05) is 0 Å². The Labute approximate surface area is 153 Å². The molecule has 0 aromatic heterocycles. The fourth-order valence-corrected chi connectivity index (χ4v) is 3.68. The number of carbonyl (C=O) groups excluding carboxylic acids is 1. The summed E-state index contributed by atoms with van der Waals surface area (Å²) < 4.78 is 32.5. The summed E-state index contributed by atoms with van der Waals surface area (Å²) in [6, 6.07) is 10.0. The molecule has 2 nitrogen and oxygen atoms in total. The molecular weight excluding hydrogens is 334 g/mol. The average molecular weight is 358 g/mol. The van der Waals surface area contributed by atoms with Gasteiger partial charge >= 0.3 is 5.97 Å². The minimum absolute atomic E-state index is 0.00942. The molecule has 1 fully saturated rings. The molecule has 0 N–H and O–H groups in total. The van der Waals surface area contributed by atoms with Crippen LogP contribution in [0.5, 0.6) is 0 Å². The number of benzene rings is 2. The molecule has 3 rings (SSSR count). The van der Waals surface area contributed by atoms with Crippen molar-refractivity contribution < 1.29 is 18.3 Å². The summed E-state index contributed by atoms with van der Waals surface area (Å²) in [6.45, 7) is 2.20. The third kappa shape index (κ3) is 4.48.